The number of aromatic hydroxyl groups is 2. The van der Waals surface area contributed by atoms with Crippen LogP contribution in [0.1, 0.15) is 40.3 Å². The highest BCUT2D eigenvalue weighted by Gasteiger charge is 2.31. The van der Waals surface area contributed by atoms with Gasteiger partial charge in [0, 0.05) is 22.5 Å². The van der Waals surface area contributed by atoms with Crippen LogP contribution in [0.4, 0.5) is 17.1 Å². The lowest BCUT2D eigenvalue weighted by atomic mass is 9.71. The molecule has 38 heavy (non-hydrogen) atoms. The maximum Gasteiger partial charge on any atom is 0.115 e. The van der Waals surface area contributed by atoms with E-state index in [4.69, 9.17) is 0 Å². The molecular weight excluding hydrogens is 466 g/mol. The summed E-state index contributed by atoms with van der Waals surface area (Å²) in [5, 5.41) is 19.9. The number of aryl methyl sites for hydroxylation is 3. The van der Waals surface area contributed by atoms with Gasteiger partial charge in [-0.05, 0) is 116 Å². The topological polar surface area (TPSA) is 43.7 Å². The lowest BCUT2D eigenvalue weighted by Crippen LogP contribution is -2.25. The molecule has 0 saturated carbocycles. The van der Waals surface area contributed by atoms with E-state index in [0.717, 1.165) is 33.8 Å². The van der Waals surface area contributed by atoms with Crippen molar-refractivity contribution in [2.45, 2.75) is 33.1 Å². The van der Waals surface area contributed by atoms with Crippen LogP contribution in [0.5, 0.6) is 11.5 Å². The van der Waals surface area contributed by atoms with Gasteiger partial charge in [-0.1, -0.05) is 60.2 Å². The van der Waals surface area contributed by atoms with E-state index in [1.165, 1.54) is 16.7 Å². The highest BCUT2D eigenvalue weighted by atomic mass is 16.3. The highest BCUT2D eigenvalue weighted by Crippen LogP contribution is 2.42. The van der Waals surface area contributed by atoms with Crippen molar-refractivity contribution in [1.29, 1.82) is 0 Å². The predicted molar refractivity (Wildman–Crippen MR) is 157 cm³/mol. The van der Waals surface area contributed by atoms with Crippen molar-refractivity contribution < 1.29 is 10.2 Å². The minimum Gasteiger partial charge on any atom is -0.508 e. The first kappa shape index (κ1) is 25.2. The second-order valence-corrected chi connectivity index (χ2v) is 10.2. The van der Waals surface area contributed by atoms with Crippen molar-refractivity contribution in [2.24, 2.45) is 0 Å². The third-order valence-corrected chi connectivity index (χ3v) is 7.63. The van der Waals surface area contributed by atoms with Crippen LogP contribution in [0.2, 0.25) is 0 Å². The molecule has 0 spiro atoms. The second-order valence-electron chi connectivity index (χ2n) is 10.2. The average molecular weight is 500 g/mol. The number of hydrogen-bond donors (Lipinski definition) is 2. The van der Waals surface area contributed by atoms with E-state index < -0.39 is 5.41 Å². The van der Waals surface area contributed by atoms with Crippen LogP contribution in [0.15, 0.2) is 115 Å². The molecule has 5 aromatic carbocycles. The fourth-order valence-electron chi connectivity index (χ4n) is 5.04. The van der Waals surface area contributed by atoms with Gasteiger partial charge >= 0.3 is 0 Å². The first-order chi connectivity index (χ1) is 18.3. The summed E-state index contributed by atoms with van der Waals surface area (Å²) in [6.45, 7) is 8.57. The maximum absolute atomic E-state index is 9.93. The predicted octanol–water partition coefficient (Wildman–Crippen LogP) is 8.85. The summed E-state index contributed by atoms with van der Waals surface area (Å²) < 4.78 is 0. The number of phenols is 2. The van der Waals surface area contributed by atoms with Gasteiger partial charge in [-0.2, -0.15) is 0 Å². The van der Waals surface area contributed by atoms with Gasteiger partial charge in [0.05, 0.1) is 0 Å². The normalized spacial score (nSPS) is 11.4. The highest BCUT2D eigenvalue weighted by molar-refractivity contribution is 5.77. The molecule has 0 bridgehead atoms. The van der Waals surface area contributed by atoms with Crippen molar-refractivity contribution in [3.63, 3.8) is 0 Å². The molecule has 0 unspecified atom stereocenters. The lowest BCUT2D eigenvalue weighted by molar-refractivity contribution is 0.474. The quantitative estimate of drug-likeness (QED) is 0.229. The molecule has 0 aliphatic heterocycles. The molecule has 0 atom stereocenters. The zero-order valence-corrected chi connectivity index (χ0v) is 22.3. The van der Waals surface area contributed by atoms with Crippen molar-refractivity contribution in [1.82, 2.24) is 0 Å². The molecule has 3 nitrogen and oxygen atoms in total. The van der Waals surface area contributed by atoms with Crippen LogP contribution in [0.25, 0.3) is 0 Å². The number of rotatable bonds is 6. The number of benzene rings is 5. The zero-order valence-electron chi connectivity index (χ0n) is 22.3. The standard InChI is InChI=1S/C35H33NO2/c1-24-5-14-30(15-6-24)36(32-16-7-25(2)26(3)23-32)31-17-8-27(9-18-31)35(4,28-10-19-33(37)20-11-28)29-12-21-34(38)22-13-29/h5-23,37-38H,1-4H3. The molecule has 0 aliphatic rings. The van der Waals surface area contributed by atoms with Gasteiger partial charge in [0.15, 0.2) is 0 Å². The Morgan fingerprint density at radius 1 is 0.474 bits per heavy atom. The summed E-state index contributed by atoms with van der Waals surface area (Å²) in [4.78, 5) is 2.29. The SMILES string of the molecule is Cc1ccc(N(c2ccc(C(C)(c3ccc(O)cc3)c3ccc(O)cc3)cc2)c2ccc(C)c(C)c2)cc1. The fourth-order valence-corrected chi connectivity index (χ4v) is 5.04. The van der Waals surface area contributed by atoms with E-state index >= 15 is 0 Å². The average Bonchev–Trinajstić information content (AvgIpc) is 2.92. The van der Waals surface area contributed by atoms with Gasteiger partial charge in [-0.15, -0.1) is 0 Å². The van der Waals surface area contributed by atoms with Gasteiger partial charge in [-0.25, -0.2) is 0 Å². The molecule has 3 heteroatoms. The summed E-state index contributed by atoms with van der Waals surface area (Å²) >= 11 is 0. The maximum atomic E-state index is 9.93. The van der Waals surface area contributed by atoms with Crippen molar-refractivity contribution in [3.8, 4) is 11.5 Å². The van der Waals surface area contributed by atoms with Crippen LogP contribution in [0, 0.1) is 20.8 Å². The van der Waals surface area contributed by atoms with E-state index in [1.807, 2.05) is 24.3 Å². The van der Waals surface area contributed by atoms with Gasteiger partial charge in [0.1, 0.15) is 11.5 Å². The van der Waals surface area contributed by atoms with Crippen LogP contribution < -0.4 is 4.90 Å². The van der Waals surface area contributed by atoms with Gasteiger partial charge in [0.2, 0.25) is 0 Å². The monoisotopic (exact) mass is 499 g/mol. The van der Waals surface area contributed by atoms with E-state index in [-0.39, 0.29) is 11.5 Å². The summed E-state index contributed by atoms with van der Waals surface area (Å²) in [5.74, 6) is 0.471. The van der Waals surface area contributed by atoms with E-state index in [1.54, 1.807) is 24.3 Å². The Hall–Kier alpha value is -4.50. The Bertz CT molecular complexity index is 1490. The molecule has 5 rings (SSSR count). The zero-order chi connectivity index (χ0) is 26.9. The minimum absolute atomic E-state index is 0.235. The van der Waals surface area contributed by atoms with Crippen LogP contribution in [-0.4, -0.2) is 10.2 Å². The molecule has 0 aliphatic carbocycles. The van der Waals surface area contributed by atoms with E-state index in [2.05, 4.69) is 99.3 Å². The molecule has 0 heterocycles. The van der Waals surface area contributed by atoms with Crippen molar-refractivity contribution >= 4 is 17.1 Å². The number of nitrogens with zero attached hydrogens (tertiary/aromatic N) is 1. The van der Waals surface area contributed by atoms with Crippen LogP contribution in [-0.2, 0) is 5.41 Å². The second kappa shape index (κ2) is 10.1. The van der Waals surface area contributed by atoms with Crippen molar-refractivity contribution in [2.75, 3.05) is 4.90 Å². The summed E-state index contributed by atoms with van der Waals surface area (Å²) in [6.07, 6.45) is 0. The van der Waals surface area contributed by atoms with E-state index in [9.17, 15) is 10.2 Å². The summed E-state index contributed by atoms with van der Waals surface area (Å²) in [5.41, 5.74) is 9.76. The number of hydrogen-bond acceptors (Lipinski definition) is 3. The molecular formula is C35H33NO2. The third-order valence-electron chi connectivity index (χ3n) is 7.63. The van der Waals surface area contributed by atoms with E-state index in [0.29, 0.717) is 0 Å². The van der Waals surface area contributed by atoms with Crippen molar-refractivity contribution in [3.05, 3.63) is 149 Å². The summed E-state index contributed by atoms with van der Waals surface area (Å²) in [6, 6.07) is 38.6. The first-order valence-corrected chi connectivity index (χ1v) is 12.9. The molecule has 0 amide bonds. The Kier molecular flexibility index (Phi) is 6.69. The third kappa shape index (κ3) is 4.76. The Morgan fingerprint density at radius 2 is 0.868 bits per heavy atom. The number of phenolic OH excluding ortho intramolecular Hbond substituents is 2. The molecule has 5 aromatic rings. The van der Waals surface area contributed by atoms with Crippen LogP contribution >= 0.6 is 0 Å². The van der Waals surface area contributed by atoms with Gasteiger partial charge in [-0.3, -0.25) is 0 Å². The molecule has 0 radical (unpaired) electrons. The fraction of sp³-hybridized carbons (Fsp3) is 0.143. The molecule has 0 fully saturated rings. The molecule has 2 N–H and O–H groups in total. The van der Waals surface area contributed by atoms with Gasteiger partial charge in [0.25, 0.3) is 0 Å². The Balaban J connectivity index is 1.63. The Morgan fingerprint density at radius 3 is 1.32 bits per heavy atom. The van der Waals surface area contributed by atoms with Gasteiger partial charge < -0.3 is 15.1 Å². The molecule has 0 aromatic heterocycles. The first-order valence-electron chi connectivity index (χ1n) is 12.9. The summed E-state index contributed by atoms with van der Waals surface area (Å²) in [7, 11) is 0. The number of anilines is 3. The largest absolute Gasteiger partial charge is 0.508 e. The molecule has 190 valence electrons. The smallest absolute Gasteiger partial charge is 0.115 e. The van der Waals surface area contributed by atoms with Crippen LogP contribution in [0.3, 0.4) is 0 Å². The Labute approximate surface area is 225 Å². The molecule has 0 saturated heterocycles. The minimum atomic E-state index is -0.491. The lowest BCUT2D eigenvalue weighted by Gasteiger charge is -2.33.